The lowest BCUT2D eigenvalue weighted by atomic mass is 10.0. The van der Waals surface area contributed by atoms with Crippen molar-refractivity contribution in [3.63, 3.8) is 0 Å². The molecule has 2 unspecified atom stereocenters. The topological polar surface area (TPSA) is 95.9 Å². The molecular weight excluding hydrogens is 851 g/mol. The Kier molecular flexibility index (Phi) is 58.0. The summed E-state index contributed by atoms with van der Waals surface area (Å²) in [6, 6.07) is -0.624. The first kappa shape index (κ1) is 67.6. The lowest BCUT2D eigenvalue weighted by molar-refractivity contribution is -0.143. The second-order valence-corrected chi connectivity index (χ2v) is 21.8. The quantitative estimate of drug-likeness (QED) is 0.0321. The molecule has 6 heteroatoms. The Hall–Kier alpha value is -1.40. The first-order valence-corrected chi connectivity index (χ1v) is 31.5. The summed E-state index contributed by atoms with van der Waals surface area (Å²) in [6.45, 7) is 4.92. The molecule has 0 rings (SSSR count). The number of aliphatic hydroxyl groups excluding tert-OH is 2. The largest absolute Gasteiger partial charge is 0.466 e. The number of hydrogen-bond acceptors (Lipinski definition) is 5. The maximum absolute atomic E-state index is 12.4. The van der Waals surface area contributed by atoms with Gasteiger partial charge < -0.3 is 20.3 Å². The van der Waals surface area contributed by atoms with Crippen LogP contribution >= 0.6 is 0 Å². The number of esters is 1. The number of nitrogens with one attached hydrogen (secondary N) is 1. The van der Waals surface area contributed by atoms with Crippen molar-refractivity contribution in [1.29, 1.82) is 0 Å². The molecule has 0 aromatic rings. The fourth-order valence-corrected chi connectivity index (χ4v) is 9.99. The molecule has 0 bridgehead atoms. The van der Waals surface area contributed by atoms with Gasteiger partial charge in [0, 0.05) is 12.8 Å². The van der Waals surface area contributed by atoms with E-state index < -0.39 is 12.1 Å². The molecule has 69 heavy (non-hydrogen) atoms. The number of aliphatic hydroxyl groups is 2. The van der Waals surface area contributed by atoms with E-state index in [0.717, 1.165) is 38.5 Å². The first-order chi connectivity index (χ1) is 34.0. The molecule has 410 valence electrons. The minimum atomic E-state index is -0.841. The molecule has 1 amide bonds. The second kappa shape index (κ2) is 59.2. The third-order valence-electron chi connectivity index (χ3n) is 14.8. The third kappa shape index (κ3) is 55.8. The van der Waals surface area contributed by atoms with Crippen molar-refractivity contribution in [2.45, 2.75) is 366 Å². The molecule has 3 N–H and O–H groups in total. The molecule has 0 heterocycles. The fourth-order valence-electron chi connectivity index (χ4n) is 9.99. The number of ether oxygens (including phenoxy) is 1. The number of hydrogen-bond donors (Lipinski definition) is 3. The van der Waals surface area contributed by atoms with E-state index in [2.05, 4.69) is 19.2 Å². The molecule has 0 aromatic carbocycles. The van der Waals surface area contributed by atoms with Gasteiger partial charge in [-0.05, 0) is 32.1 Å². The molecule has 0 spiro atoms. The average molecular weight is 975 g/mol. The predicted octanol–water partition coefficient (Wildman–Crippen LogP) is 19.6. The van der Waals surface area contributed by atoms with Crippen LogP contribution in [0.3, 0.4) is 0 Å². The summed E-state index contributed by atoms with van der Waals surface area (Å²) in [5.41, 5.74) is 0. The average Bonchev–Trinajstić information content (AvgIpc) is 3.35. The number of carbonyl (C=O) groups excluding carboxylic acids is 2. The van der Waals surface area contributed by atoms with E-state index in [4.69, 9.17) is 4.74 Å². The number of rotatable bonds is 59. The standard InChI is InChI=1S/C63H123NO5/c1-3-5-7-9-11-13-15-32-35-39-43-47-51-55-61(66)60(59-65)64-62(67)56-52-48-44-40-36-33-30-28-26-24-22-20-18-17-19-21-23-25-27-29-31-34-38-42-46-50-54-58-69-63(68)57-53-49-45-41-37-16-14-12-10-8-6-4-2/h51,55,60-61,65-66H,3-50,52-54,56-59H2,1-2H3,(H,64,67)/b55-51+. The van der Waals surface area contributed by atoms with Crippen molar-refractivity contribution in [2.75, 3.05) is 13.2 Å². The molecule has 0 aliphatic heterocycles. The molecule has 0 fully saturated rings. The van der Waals surface area contributed by atoms with E-state index in [-0.39, 0.29) is 18.5 Å². The Balaban J connectivity index is 3.35. The van der Waals surface area contributed by atoms with Gasteiger partial charge in [-0.1, -0.05) is 321 Å². The van der Waals surface area contributed by atoms with Crippen molar-refractivity contribution >= 4 is 11.9 Å². The van der Waals surface area contributed by atoms with Gasteiger partial charge in [0.2, 0.25) is 5.91 Å². The smallest absolute Gasteiger partial charge is 0.305 e. The molecule has 0 radical (unpaired) electrons. The number of unbranched alkanes of at least 4 members (excludes halogenated alkanes) is 48. The van der Waals surface area contributed by atoms with Crippen LogP contribution in [0.15, 0.2) is 12.2 Å². The van der Waals surface area contributed by atoms with Gasteiger partial charge in [0.25, 0.3) is 0 Å². The van der Waals surface area contributed by atoms with Crippen LogP contribution in [-0.2, 0) is 14.3 Å². The highest BCUT2D eigenvalue weighted by Crippen LogP contribution is 2.18. The van der Waals surface area contributed by atoms with E-state index in [9.17, 15) is 19.8 Å². The Morgan fingerprint density at radius 2 is 0.667 bits per heavy atom. The lowest BCUT2D eigenvalue weighted by Crippen LogP contribution is -2.45. The molecule has 0 aromatic heterocycles. The number of amides is 1. The van der Waals surface area contributed by atoms with Crippen molar-refractivity contribution in [3.05, 3.63) is 12.2 Å². The fraction of sp³-hybridized carbons (Fsp3) is 0.937. The highest BCUT2D eigenvalue weighted by atomic mass is 16.5. The summed E-state index contributed by atoms with van der Waals surface area (Å²) in [5, 5.41) is 23.1. The lowest BCUT2D eigenvalue weighted by Gasteiger charge is -2.20. The molecule has 0 aliphatic carbocycles. The molecule has 0 saturated carbocycles. The van der Waals surface area contributed by atoms with Gasteiger partial charge in [-0.25, -0.2) is 0 Å². The minimum Gasteiger partial charge on any atom is -0.466 e. The molecule has 6 nitrogen and oxygen atoms in total. The SMILES string of the molecule is CCCCCCCCCCCCC/C=C/C(O)C(CO)NC(=O)CCCCCCCCCCCCCCCCCCCCCCCCCCCCCOC(=O)CCCCCCCCCCCCCC. The second-order valence-electron chi connectivity index (χ2n) is 21.8. The Morgan fingerprint density at radius 3 is 0.986 bits per heavy atom. The van der Waals surface area contributed by atoms with Crippen molar-refractivity contribution in [1.82, 2.24) is 5.32 Å². The summed E-state index contributed by atoms with van der Waals surface area (Å²) >= 11 is 0. The Morgan fingerprint density at radius 1 is 0.391 bits per heavy atom. The normalized spacial score (nSPS) is 12.6. The Labute approximate surface area is 431 Å². The molecular formula is C63H123NO5. The molecule has 2 atom stereocenters. The highest BCUT2D eigenvalue weighted by Gasteiger charge is 2.18. The molecule has 0 saturated heterocycles. The molecule has 0 aliphatic rings. The zero-order valence-corrected chi connectivity index (χ0v) is 46.8. The monoisotopic (exact) mass is 974 g/mol. The maximum atomic E-state index is 12.4. The van der Waals surface area contributed by atoms with Crippen LogP contribution in [0.1, 0.15) is 354 Å². The predicted molar refractivity (Wildman–Crippen MR) is 301 cm³/mol. The summed E-state index contributed by atoms with van der Waals surface area (Å²) < 4.78 is 5.48. The zero-order chi connectivity index (χ0) is 50.0. The van der Waals surface area contributed by atoms with Gasteiger partial charge >= 0.3 is 5.97 Å². The van der Waals surface area contributed by atoms with E-state index in [1.54, 1.807) is 6.08 Å². The number of allylic oxidation sites excluding steroid dienone is 1. The van der Waals surface area contributed by atoms with E-state index in [0.29, 0.717) is 19.4 Å². The third-order valence-corrected chi connectivity index (χ3v) is 14.8. The van der Waals surface area contributed by atoms with E-state index >= 15 is 0 Å². The van der Waals surface area contributed by atoms with Crippen LogP contribution in [0.4, 0.5) is 0 Å². The van der Waals surface area contributed by atoms with Crippen molar-refractivity contribution < 1.29 is 24.5 Å². The van der Waals surface area contributed by atoms with Gasteiger partial charge in [-0.3, -0.25) is 9.59 Å². The van der Waals surface area contributed by atoms with Gasteiger partial charge in [-0.15, -0.1) is 0 Å². The first-order valence-electron chi connectivity index (χ1n) is 31.5. The van der Waals surface area contributed by atoms with Crippen LogP contribution in [-0.4, -0.2) is 47.4 Å². The van der Waals surface area contributed by atoms with Gasteiger partial charge in [0.05, 0.1) is 25.4 Å². The maximum Gasteiger partial charge on any atom is 0.305 e. The summed E-state index contributed by atoms with van der Waals surface area (Å²) in [7, 11) is 0. The summed E-state index contributed by atoms with van der Waals surface area (Å²) in [5.74, 6) is -0.0449. The van der Waals surface area contributed by atoms with Crippen LogP contribution in [0.2, 0.25) is 0 Å². The van der Waals surface area contributed by atoms with Gasteiger partial charge in [0.15, 0.2) is 0 Å². The van der Waals surface area contributed by atoms with Crippen molar-refractivity contribution in [3.8, 4) is 0 Å². The van der Waals surface area contributed by atoms with Crippen LogP contribution in [0.25, 0.3) is 0 Å². The van der Waals surface area contributed by atoms with Crippen LogP contribution < -0.4 is 5.32 Å². The zero-order valence-electron chi connectivity index (χ0n) is 46.8. The summed E-state index contributed by atoms with van der Waals surface area (Å²) in [4.78, 5) is 24.5. The minimum absolute atomic E-state index is 0.0188. The van der Waals surface area contributed by atoms with Gasteiger partial charge in [-0.2, -0.15) is 0 Å². The van der Waals surface area contributed by atoms with E-state index in [1.165, 1.54) is 289 Å². The van der Waals surface area contributed by atoms with Crippen LogP contribution in [0.5, 0.6) is 0 Å². The van der Waals surface area contributed by atoms with Crippen LogP contribution in [0, 0.1) is 0 Å². The van der Waals surface area contributed by atoms with Crippen molar-refractivity contribution in [2.24, 2.45) is 0 Å². The highest BCUT2D eigenvalue weighted by molar-refractivity contribution is 5.76. The van der Waals surface area contributed by atoms with Gasteiger partial charge in [0.1, 0.15) is 0 Å². The number of carbonyl (C=O) groups is 2. The van der Waals surface area contributed by atoms with E-state index in [1.807, 2.05) is 6.08 Å². The Bertz CT molecular complexity index is 1030. The summed E-state index contributed by atoms with van der Waals surface area (Å²) in [6.07, 6.45) is 71.2.